The van der Waals surface area contributed by atoms with Crippen LogP contribution in [0.2, 0.25) is 0 Å². The molecule has 0 aromatic carbocycles. The number of carbonyl (C=O) groups is 1. The highest BCUT2D eigenvalue weighted by molar-refractivity contribution is 5.85. The molecule has 2 saturated carbocycles. The molecule has 6 nitrogen and oxygen atoms in total. The standard InChI is InChI=1S/C20H30O6/c1-11-4-7-19(3)14(9-13(21)16(23)20(19)10-25-20)18(11,2)6-5-12-8-15(22)26-17(12)24/h8,11,13-14,16-17,21,23-24H,4-7,9-10H2,1-3H3/t11-,13+,14-,16+,17+,18-,19-,20-/m1/s1. The normalized spacial score (nSPS) is 53.2. The van der Waals surface area contributed by atoms with Crippen LogP contribution in [0.5, 0.6) is 0 Å². The number of hydrogen-bond donors (Lipinski definition) is 3. The van der Waals surface area contributed by atoms with Gasteiger partial charge in [0.2, 0.25) is 6.29 Å². The Kier molecular flexibility index (Phi) is 4.09. The molecule has 26 heavy (non-hydrogen) atoms. The van der Waals surface area contributed by atoms with Gasteiger partial charge in [-0.05, 0) is 49.4 Å². The van der Waals surface area contributed by atoms with Crippen molar-refractivity contribution in [1.29, 1.82) is 0 Å². The molecule has 1 saturated heterocycles. The van der Waals surface area contributed by atoms with Gasteiger partial charge in [-0.15, -0.1) is 0 Å². The third-order valence-corrected chi connectivity index (χ3v) is 8.33. The first-order valence-corrected chi connectivity index (χ1v) is 9.73. The van der Waals surface area contributed by atoms with Crippen LogP contribution in [-0.4, -0.2) is 52.0 Å². The van der Waals surface area contributed by atoms with Crippen molar-refractivity contribution in [1.82, 2.24) is 0 Å². The lowest BCUT2D eigenvalue weighted by molar-refractivity contribution is -0.197. The first-order valence-electron chi connectivity index (χ1n) is 9.73. The number of fused-ring (bicyclic) bond motifs is 2. The molecule has 0 unspecified atom stereocenters. The number of rotatable bonds is 3. The SMILES string of the molecule is C[C@@H]1CC[C@]2(C)[C@H](C[C@H](O)[C@H](O)[C@]23CO3)[C@]1(C)CCC1=CC(=O)O[C@@H]1O. The average Bonchev–Trinajstić information content (AvgIpc) is 3.33. The molecule has 0 aromatic heterocycles. The van der Waals surface area contributed by atoms with Gasteiger partial charge >= 0.3 is 5.97 Å². The molecule has 8 atom stereocenters. The van der Waals surface area contributed by atoms with Gasteiger partial charge in [0.15, 0.2) is 0 Å². The maximum absolute atomic E-state index is 11.4. The molecule has 2 aliphatic carbocycles. The van der Waals surface area contributed by atoms with Crippen LogP contribution in [0.4, 0.5) is 0 Å². The highest BCUT2D eigenvalue weighted by Crippen LogP contribution is 2.68. The lowest BCUT2D eigenvalue weighted by Crippen LogP contribution is -2.65. The summed E-state index contributed by atoms with van der Waals surface area (Å²) >= 11 is 0. The van der Waals surface area contributed by atoms with E-state index in [4.69, 9.17) is 9.47 Å². The Morgan fingerprint density at radius 3 is 2.54 bits per heavy atom. The molecule has 3 N–H and O–H groups in total. The number of cyclic esters (lactones) is 1. The first-order chi connectivity index (χ1) is 12.1. The number of carbonyl (C=O) groups excluding carboxylic acids is 1. The third-order valence-electron chi connectivity index (χ3n) is 8.33. The van der Waals surface area contributed by atoms with Crippen LogP contribution in [0, 0.1) is 22.7 Å². The fraction of sp³-hybridized carbons (Fsp3) is 0.850. The number of esters is 1. The van der Waals surface area contributed by atoms with Gasteiger partial charge in [-0.25, -0.2) is 4.79 Å². The van der Waals surface area contributed by atoms with E-state index in [-0.39, 0.29) is 16.7 Å². The molecule has 0 aromatic rings. The number of aliphatic hydroxyl groups is 3. The molecule has 6 heteroatoms. The zero-order chi connectivity index (χ0) is 18.9. The predicted molar refractivity (Wildman–Crippen MR) is 92.8 cm³/mol. The second-order valence-corrected chi connectivity index (χ2v) is 9.35. The second-order valence-electron chi connectivity index (χ2n) is 9.35. The Morgan fingerprint density at radius 2 is 1.96 bits per heavy atom. The number of epoxide rings is 1. The Labute approximate surface area is 154 Å². The average molecular weight is 366 g/mol. The molecule has 4 rings (SSSR count). The van der Waals surface area contributed by atoms with Crippen LogP contribution in [-0.2, 0) is 14.3 Å². The van der Waals surface area contributed by atoms with E-state index in [1.165, 1.54) is 6.08 Å². The van der Waals surface area contributed by atoms with Crippen LogP contribution in [0.1, 0.15) is 52.9 Å². The first kappa shape index (κ1) is 18.4. The number of aliphatic hydroxyl groups excluding tert-OH is 3. The van der Waals surface area contributed by atoms with E-state index in [0.29, 0.717) is 30.9 Å². The van der Waals surface area contributed by atoms with Crippen molar-refractivity contribution in [2.45, 2.75) is 77.0 Å². The van der Waals surface area contributed by atoms with Crippen LogP contribution in [0.3, 0.4) is 0 Å². The van der Waals surface area contributed by atoms with E-state index < -0.39 is 30.1 Å². The van der Waals surface area contributed by atoms with Crippen molar-refractivity contribution < 1.29 is 29.6 Å². The summed E-state index contributed by atoms with van der Waals surface area (Å²) < 4.78 is 10.6. The zero-order valence-corrected chi connectivity index (χ0v) is 15.8. The van der Waals surface area contributed by atoms with Crippen LogP contribution >= 0.6 is 0 Å². The van der Waals surface area contributed by atoms with E-state index in [1.54, 1.807) is 0 Å². The lowest BCUT2D eigenvalue weighted by Gasteiger charge is -2.61. The summed E-state index contributed by atoms with van der Waals surface area (Å²) in [5.74, 6) is 0.158. The molecule has 146 valence electrons. The third kappa shape index (κ3) is 2.35. The van der Waals surface area contributed by atoms with Crippen molar-refractivity contribution in [2.75, 3.05) is 6.61 Å². The molecule has 2 aliphatic heterocycles. The molecular formula is C20H30O6. The Balaban J connectivity index is 1.62. The minimum atomic E-state index is -1.13. The van der Waals surface area contributed by atoms with Gasteiger partial charge in [0.05, 0.1) is 12.7 Å². The molecule has 0 radical (unpaired) electrons. The molecule has 1 spiro atoms. The van der Waals surface area contributed by atoms with Gasteiger partial charge < -0.3 is 24.8 Å². The molecular weight excluding hydrogens is 336 g/mol. The maximum Gasteiger partial charge on any atom is 0.333 e. The molecule has 4 aliphatic rings. The molecule has 0 bridgehead atoms. The summed E-state index contributed by atoms with van der Waals surface area (Å²) in [6.45, 7) is 7.22. The fourth-order valence-electron chi connectivity index (χ4n) is 6.20. The van der Waals surface area contributed by atoms with Gasteiger partial charge in [-0.3, -0.25) is 0 Å². The smallest absolute Gasteiger partial charge is 0.333 e. The summed E-state index contributed by atoms with van der Waals surface area (Å²) in [6, 6.07) is 0. The quantitative estimate of drug-likeness (QED) is 0.517. The topological polar surface area (TPSA) is 99.5 Å². The van der Waals surface area contributed by atoms with E-state index in [1.807, 2.05) is 0 Å². The van der Waals surface area contributed by atoms with Gasteiger partial charge in [0.1, 0.15) is 11.7 Å². The highest BCUT2D eigenvalue weighted by Gasteiger charge is 2.73. The van der Waals surface area contributed by atoms with Crippen LogP contribution < -0.4 is 0 Å². The minimum absolute atomic E-state index is 0.0841. The van der Waals surface area contributed by atoms with Crippen molar-refractivity contribution >= 4 is 5.97 Å². The van der Waals surface area contributed by atoms with Gasteiger partial charge in [0.25, 0.3) is 0 Å². The van der Waals surface area contributed by atoms with Crippen LogP contribution in [0.25, 0.3) is 0 Å². The monoisotopic (exact) mass is 366 g/mol. The van der Waals surface area contributed by atoms with Gasteiger partial charge in [-0.2, -0.15) is 0 Å². The Hall–Kier alpha value is -0.950. The highest BCUT2D eigenvalue weighted by atomic mass is 16.6. The Morgan fingerprint density at radius 1 is 1.27 bits per heavy atom. The second kappa shape index (κ2) is 5.77. The number of ether oxygens (including phenoxy) is 2. The largest absolute Gasteiger partial charge is 0.429 e. The molecule has 0 amide bonds. The number of hydrogen-bond acceptors (Lipinski definition) is 6. The summed E-state index contributed by atoms with van der Waals surface area (Å²) in [6.07, 6.45) is 2.62. The van der Waals surface area contributed by atoms with Crippen LogP contribution in [0.15, 0.2) is 11.6 Å². The molecule has 2 heterocycles. The maximum atomic E-state index is 11.4. The van der Waals surface area contributed by atoms with Crippen molar-refractivity contribution in [3.8, 4) is 0 Å². The summed E-state index contributed by atoms with van der Waals surface area (Å²) in [5.41, 5.74) is -0.257. The predicted octanol–water partition coefficient (Wildman–Crippen LogP) is 1.52. The van der Waals surface area contributed by atoms with E-state index >= 15 is 0 Å². The fourth-order valence-corrected chi connectivity index (χ4v) is 6.20. The Bertz CT molecular complexity index is 640. The van der Waals surface area contributed by atoms with Crippen molar-refractivity contribution in [3.05, 3.63) is 11.6 Å². The molecule has 3 fully saturated rings. The van der Waals surface area contributed by atoms with E-state index in [0.717, 1.165) is 19.3 Å². The van der Waals surface area contributed by atoms with Gasteiger partial charge in [-0.1, -0.05) is 20.8 Å². The van der Waals surface area contributed by atoms with Crippen molar-refractivity contribution in [3.63, 3.8) is 0 Å². The van der Waals surface area contributed by atoms with E-state index in [2.05, 4.69) is 20.8 Å². The summed E-state index contributed by atoms with van der Waals surface area (Å²) in [5, 5.41) is 31.0. The summed E-state index contributed by atoms with van der Waals surface area (Å²) in [7, 11) is 0. The zero-order valence-electron chi connectivity index (χ0n) is 15.8. The van der Waals surface area contributed by atoms with E-state index in [9.17, 15) is 20.1 Å². The summed E-state index contributed by atoms with van der Waals surface area (Å²) in [4.78, 5) is 11.4. The lowest BCUT2D eigenvalue weighted by atomic mass is 9.43. The van der Waals surface area contributed by atoms with Gasteiger partial charge in [0, 0.05) is 17.1 Å². The minimum Gasteiger partial charge on any atom is -0.429 e. The van der Waals surface area contributed by atoms with Crippen molar-refractivity contribution in [2.24, 2.45) is 22.7 Å².